The molecular formula is C11H7Br2N. The SMILES string of the molecule is BrC(Br)=Cc1ccc2ncccc2c1. The normalized spacial score (nSPS) is 10.1. The molecule has 0 aliphatic rings. The Morgan fingerprint density at radius 3 is 2.86 bits per heavy atom. The summed E-state index contributed by atoms with van der Waals surface area (Å²) >= 11 is 6.67. The number of fused-ring (bicyclic) bond motifs is 1. The molecule has 2 aromatic rings. The molecule has 0 fully saturated rings. The fourth-order valence-electron chi connectivity index (χ4n) is 1.31. The Morgan fingerprint density at radius 1 is 1.21 bits per heavy atom. The Balaban J connectivity index is 2.57. The number of hydrogen-bond donors (Lipinski definition) is 0. The van der Waals surface area contributed by atoms with Gasteiger partial charge in [0.15, 0.2) is 0 Å². The standard InChI is InChI=1S/C11H7Br2N/c12-11(13)7-8-3-4-10-9(6-8)2-1-5-14-10/h1-7H. The molecule has 0 saturated carbocycles. The zero-order valence-corrected chi connectivity index (χ0v) is 10.4. The summed E-state index contributed by atoms with van der Waals surface area (Å²) in [7, 11) is 0. The van der Waals surface area contributed by atoms with E-state index in [1.54, 1.807) is 6.20 Å². The lowest BCUT2D eigenvalue weighted by molar-refractivity contribution is 1.41. The summed E-state index contributed by atoms with van der Waals surface area (Å²) in [6, 6.07) is 10.2. The van der Waals surface area contributed by atoms with Crippen molar-refractivity contribution in [3.63, 3.8) is 0 Å². The smallest absolute Gasteiger partial charge is 0.0702 e. The molecule has 0 unspecified atom stereocenters. The Labute approximate surface area is 99.1 Å². The third-order valence-electron chi connectivity index (χ3n) is 1.90. The molecule has 0 aliphatic carbocycles. The van der Waals surface area contributed by atoms with Crippen LogP contribution in [0.5, 0.6) is 0 Å². The molecule has 0 spiro atoms. The van der Waals surface area contributed by atoms with E-state index in [1.165, 1.54) is 0 Å². The van der Waals surface area contributed by atoms with Crippen LogP contribution in [0.3, 0.4) is 0 Å². The number of pyridine rings is 1. The highest BCUT2D eigenvalue weighted by Gasteiger charge is 1.94. The lowest BCUT2D eigenvalue weighted by Crippen LogP contribution is -1.78. The van der Waals surface area contributed by atoms with Crippen molar-refractivity contribution in [3.05, 3.63) is 45.5 Å². The van der Waals surface area contributed by atoms with Crippen molar-refractivity contribution in [1.29, 1.82) is 0 Å². The van der Waals surface area contributed by atoms with Crippen molar-refractivity contribution in [2.75, 3.05) is 0 Å². The molecule has 0 amide bonds. The van der Waals surface area contributed by atoms with Gasteiger partial charge in [-0.2, -0.15) is 0 Å². The van der Waals surface area contributed by atoms with Gasteiger partial charge < -0.3 is 0 Å². The highest BCUT2D eigenvalue weighted by molar-refractivity contribution is 9.28. The van der Waals surface area contributed by atoms with Crippen LogP contribution in [0, 0.1) is 0 Å². The van der Waals surface area contributed by atoms with Crippen LogP contribution >= 0.6 is 31.9 Å². The molecule has 1 aromatic heterocycles. The van der Waals surface area contributed by atoms with E-state index in [9.17, 15) is 0 Å². The third-order valence-corrected chi connectivity index (χ3v) is 2.36. The van der Waals surface area contributed by atoms with E-state index in [2.05, 4.69) is 49.0 Å². The fraction of sp³-hybridized carbons (Fsp3) is 0. The van der Waals surface area contributed by atoms with E-state index in [1.807, 2.05) is 24.3 Å². The van der Waals surface area contributed by atoms with Gasteiger partial charge in [-0.25, -0.2) is 0 Å². The third kappa shape index (κ3) is 2.22. The predicted octanol–water partition coefficient (Wildman–Crippen LogP) is 4.32. The van der Waals surface area contributed by atoms with Gasteiger partial charge in [-0.05, 0) is 61.7 Å². The van der Waals surface area contributed by atoms with Gasteiger partial charge in [-0.15, -0.1) is 0 Å². The van der Waals surface area contributed by atoms with Gasteiger partial charge in [0.25, 0.3) is 0 Å². The molecule has 70 valence electrons. The van der Waals surface area contributed by atoms with E-state index in [-0.39, 0.29) is 0 Å². The van der Waals surface area contributed by atoms with E-state index >= 15 is 0 Å². The minimum Gasteiger partial charge on any atom is -0.256 e. The van der Waals surface area contributed by atoms with Crippen LogP contribution in [0.15, 0.2) is 39.9 Å². The van der Waals surface area contributed by atoms with Crippen molar-refractivity contribution in [2.45, 2.75) is 0 Å². The summed E-state index contributed by atoms with van der Waals surface area (Å²) in [5.41, 5.74) is 2.17. The number of hydrogen-bond acceptors (Lipinski definition) is 1. The first kappa shape index (κ1) is 9.87. The van der Waals surface area contributed by atoms with Crippen LogP contribution in [0.25, 0.3) is 17.0 Å². The molecule has 0 aliphatic heterocycles. The summed E-state index contributed by atoms with van der Waals surface area (Å²) in [6.45, 7) is 0. The van der Waals surface area contributed by atoms with Crippen molar-refractivity contribution < 1.29 is 0 Å². The summed E-state index contributed by atoms with van der Waals surface area (Å²) in [5.74, 6) is 0. The lowest BCUT2D eigenvalue weighted by atomic mass is 10.1. The second-order valence-corrected chi connectivity index (χ2v) is 5.66. The lowest BCUT2D eigenvalue weighted by Gasteiger charge is -1.98. The predicted molar refractivity (Wildman–Crippen MR) is 67.6 cm³/mol. The number of rotatable bonds is 1. The van der Waals surface area contributed by atoms with Crippen LogP contribution in [-0.2, 0) is 0 Å². The van der Waals surface area contributed by atoms with E-state index in [0.717, 1.165) is 19.9 Å². The van der Waals surface area contributed by atoms with Crippen LogP contribution < -0.4 is 0 Å². The molecule has 14 heavy (non-hydrogen) atoms. The van der Waals surface area contributed by atoms with E-state index < -0.39 is 0 Å². The zero-order chi connectivity index (χ0) is 9.97. The quantitative estimate of drug-likeness (QED) is 0.764. The van der Waals surface area contributed by atoms with Crippen LogP contribution in [-0.4, -0.2) is 4.98 Å². The van der Waals surface area contributed by atoms with Gasteiger partial charge in [-0.3, -0.25) is 4.98 Å². The minimum atomic E-state index is 0.938. The van der Waals surface area contributed by atoms with Crippen LogP contribution in [0.2, 0.25) is 0 Å². The molecule has 3 heteroatoms. The molecular weight excluding hydrogens is 306 g/mol. The Kier molecular flexibility index (Phi) is 2.99. The molecule has 0 atom stereocenters. The number of benzene rings is 1. The first-order valence-electron chi connectivity index (χ1n) is 4.13. The van der Waals surface area contributed by atoms with Crippen molar-refractivity contribution in [1.82, 2.24) is 4.98 Å². The molecule has 0 radical (unpaired) electrons. The van der Waals surface area contributed by atoms with E-state index in [4.69, 9.17) is 0 Å². The van der Waals surface area contributed by atoms with Crippen LogP contribution in [0.1, 0.15) is 5.56 Å². The van der Waals surface area contributed by atoms with Gasteiger partial charge >= 0.3 is 0 Å². The molecule has 0 saturated heterocycles. The monoisotopic (exact) mass is 311 g/mol. The molecule has 0 bridgehead atoms. The maximum atomic E-state index is 4.26. The molecule has 1 aromatic carbocycles. The van der Waals surface area contributed by atoms with Gasteiger partial charge in [0.2, 0.25) is 0 Å². The second kappa shape index (κ2) is 4.24. The average Bonchev–Trinajstić information content (AvgIpc) is 2.17. The highest BCUT2D eigenvalue weighted by atomic mass is 79.9. The highest BCUT2D eigenvalue weighted by Crippen LogP contribution is 2.20. The summed E-state index contributed by atoms with van der Waals surface area (Å²) in [4.78, 5) is 4.26. The summed E-state index contributed by atoms with van der Waals surface area (Å²) < 4.78 is 0.938. The van der Waals surface area contributed by atoms with Crippen molar-refractivity contribution >= 4 is 48.8 Å². The first-order valence-corrected chi connectivity index (χ1v) is 5.72. The van der Waals surface area contributed by atoms with Gasteiger partial charge in [0.05, 0.1) is 8.91 Å². The summed E-state index contributed by atoms with van der Waals surface area (Å²) in [5, 5.41) is 1.16. The Bertz CT molecular complexity index is 487. The maximum Gasteiger partial charge on any atom is 0.0702 e. The van der Waals surface area contributed by atoms with Gasteiger partial charge in [0, 0.05) is 11.6 Å². The number of aromatic nitrogens is 1. The fourth-order valence-corrected chi connectivity index (χ4v) is 1.84. The number of halogens is 2. The average molecular weight is 313 g/mol. The first-order chi connectivity index (χ1) is 6.75. The van der Waals surface area contributed by atoms with Gasteiger partial charge in [-0.1, -0.05) is 12.1 Å². The Morgan fingerprint density at radius 2 is 2.07 bits per heavy atom. The molecule has 0 N–H and O–H groups in total. The summed E-state index contributed by atoms with van der Waals surface area (Å²) in [6.07, 6.45) is 3.81. The minimum absolute atomic E-state index is 0.938. The maximum absolute atomic E-state index is 4.26. The van der Waals surface area contributed by atoms with Gasteiger partial charge in [0.1, 0.15) is 0 Å². The zero-order valence-electron chi connectivity index (χ0n) is 7.24. The van der Waals surface area contributed by atoms with Crippen LogP contribution in [0.4, 0.5) is 0 Å². The molecule has 1 nitrogen and oxygen atoms in total. The largest absolute Gasteiger partial charge is 0.256 e. The Hall–Kier alpha value is -0.670. The van der Waals surface area contributed by atoms with Crippen molar-refractivity contribution in [2.24, 2.45) is 0 Å². The molecule has 1 heterocycles. The topological polar surface area (TPSA) is 12.9 Å². The van der Waals surface area contributed by atoms with Crippen molar-refractivity contribution in [3.8, 4) is 0 Å². The second-order valence-electron chi connectivity index (χ2n) is 2.89. The number of nitrogens with zero attached hydrogens (tertiary/aromatic N) is 1. The van der Waals surface area contributed by atoms with E-state index in [0.29, 0.717) is 0 Å². The molecule has 2 rings (SSSR count).